The monoisotopic (exact) mass is 313 g/mol. The highest BCUT2D eigenvalue weighted by molar-refractivity contribution is 6.66. The quantitative estimate of drug-likeness (QED) is 0.600. The molecule has 19 heavy (non-hydrogen) atoms. The van der Waals surface area contributed by atoms with E-state index >= 15 is 0 Å². The van der Waals surface area contributed by atoms with Gasteiger partial charge >= 0.3 is 0 Å². The largest absolute Gasteiger partial charge is 0.417 e. The Labute approximate surface area is 124 Å². The second kappa shape index (κ2) is 5.62. The van der Waals surface area contributed by atoms with E-state index in [-0.39, 0.29) is 11.8 Å². The molecule has 0 aliphatic carbocycles. The first-order valence-corrected chi connectivity index (χ1v) is 6.19. The van der Waals surface area contributed by atoms with Crippen molar-refractivity contribution in [3.8, 4) is 0 Å². The fourth-order valence-corrected chi connectivity index (χ4v) is 1.47. The van der Waals surface area contributed by atoms with Gasteiger partial charge in [0.05, 0.1) is 6.57 Å². The van der Waals surface area contributed by atoms with Crippen LogP contribution in [0.5, 0.6) is 0 Å². The number of rotatable bonds is 2. The molecular weight excluding hydrogens is 309 g/mol. The number of hydrogen-bond donors (Lipinski definition) is 0. The van der Waals surface area contributed by atoms with Crippen LogP contribution in [0, 0.1) is 6.57 Å². The molecular formula is C12H6Cl3N3O. The van der Waals surface area contributed by atoms with Crippen LogP contribution in [0.3, 0.4) is 0 Å². The molecule has 0 N–H and O–H groups in total. The first-order valence-electron chi connectivity index (χ1n) is 5.05. The highest BCUT2D eigenvalue weighted by Gasteiger charge is 2.29. The Hall–Kier alpha value is -1.54. The lowest BCUT2D eigenvalue weighted by atomic mass is 10.2. The molecule has 1 heterocycles. The number of hydrogen-bond acceptors (Lipinski definition) is 3. The third-order valence-electron chi connectivity index (χ3n) is 2.12. The molecule has 0 aliphatic heterocycles. The summed E-state index contributed by atoms with van der Waals surface area (Å²) >= 11 is 16.8. The Bertz CT molecular complexity index is 635. The predicted octanol–water partition coefficient (Wildman–Crippen LogP) is 4.62. The molecule has 0 unspecified atom stereocenters. The molecule has 0 atom stereocenters. The molecule has 0 spiro atoms. The van der Waals surface area contributed by atoms with Crippen molar-refractivity contribution in [2.45, 2.75) is 3.79 Å². The van der Waals surface area contributed by atoms with E-state index in [9.17, 15) is 0 Å². The van der Waals surface area contributed by atoms with Crippen molar-refractivity contribution in [2.75, 3.05) is 0 Å². The molecule has 2 aromatic rings. The van der Waals surface area contributed by atoms with Gasteiger partial charge in [0.2, 0.25) is 5.89 Å². The second-order valence-electron chi connectivity index (χ2n) is 3.48. The highest BCUT2D eigenvalue weighted by atomic mass is 35.6. The zero-order chi connectivity index (χ0) is 13.9. The topological polar surface area (TPSA) is 43.3 Å². The molecule has 0 bridgehead atoms. The van der Waals surface area contributed by atoms with Gasteiger partial charge in [0.25, 0.3) is 9.68 Å². The summed E-state index contributed by atoms with van der Waals surface area (Å²) in [6.07, 6.45) is 3.35. The summed E-state index contributed by atoms with van der Waals surface area (Å²) in [6.45, 7) is 6.85. The maximum atomic E-state index is 6.85. The van der Waals surface area contributed by atoms with Gasteiger partial charge in [0.15, 0.2) is 5.69 Å². The lowest BCUT2D eigenvalue weighted by Crippen LogP contribution is -1.99. The van der Waals surface area contributed by atoms with E-state index in [0.29, 0.717) is 5.69 Å². The minimum atomic E-state index is -1.73. The summed E-state index contributed by atoms with van der Waals surface area (Å²) in [6, 6.07) is 7.03. The standard InChI is InChI=1S/C12H6Cl3N3O/c1-16-9-5-2-8(3-6-9)4-7-10-17-18-11(19-10)12(13,14)15/h2-7H. The van der Waals surface area contributed by atoms with Gasteiger partial charge in [0.1, 0.15) is 0 Å². The van der Waals surface area contributed by atoms with E-state index in [2.05, 4.69) is 15.0 Å². The molecule has 7 heteroatoms. The summed E-state index contributed by atoms with van der Waals surface area (Å²) in [5.74, 6) is 0.149. The van der Waals surface area contributed by atoms with Crippen molar-refractivity contribution >= 4 is 52.6 Å². The Morgan fingerprint density at radius 3 is 2.32 bits per heavy atom. The van der Waals surface area contributed by atoms with Crippen LogP contribution in [-0.2, 0) is 3.79 Å². The van der Waals surface area contributed by atoms with E-state index in [0.717, 1.165) is 5.56 Å². The van der Waals surface area contributed by atoms with Crippen LogP contribution in [-0.4, -0.2) is 10.2 Å². The van der Waals surface area contributed by atoms with Crippen LogP contribution in [0.4, 0.5) is 5.69 Å². The summed E-state index contributed by atoms with van der Waals surface area (Å²) < 4.78 is 3.44. The van der Waals surface area contributed by atoms with Crippen LogP contribution >= 0.6 is 34.8 Å². The van der Waals surface area contributed by atoms with Gasteiger partial charge in [0, 0.05) is 6.08 Å². The van der Waals surface area contributed by atoms with Crippen LogP contribution in [0.1, 0.15) is 17.3 Å². The van der Waals surface area contributed by atoms with Crippen molar-refractivity contribution < 1.29 is 4.42 Å². The molecule has 0 aliphatic rings. The van der Waals surface area contributed by atoms with E-state index < -0.39 is 3.79 Å². The van der Waals surface area contributed by atoms with Gasteiger partial charge in [-0.2, -0.15) is 0 Å². The Balaban J connectivity index is 2.14. The van der Waals surface area contributed by atoms with Gasteiger partial charge in [-0.05, 0) is 11.6 Å². The van der Waals surface area contributed by atoms with Crippen LogP contribution in [0.25, 0.3) is 17.0 Å². The fraction of sp³-hybridized carbons (Fsp3) is 0.0833. The molecule has 2 rings (SSSR count). The van der Waals surface area contributed by atoms with Crippen molar-refractivity contribution in [1.29, 1.82) is 0 Å². The summed E-state index contributed by atoms with van der Waals surface area (Å²) in [7, 11) is 0. The maximum Gasteiger partial charge on any atom is 0.268 e. The Morgan fingerprint density at radius 2 is 1.79 bits per heavy atom. The zero-order valence-corrected chi connectivity index (χ0v) is 11.6. The number of nitrogens with zero attached hydrogens (tertiary/aromatic N) is 3. The Kier molecular flexibility index (Phi) is 4.11. The molecule has 0 radical (unpaired) electrons. The first kappa shape index (κ1) is 13.9. The van der Waals surface area contributed by atoms with Crippen molar-refractivity contribution in [1.82, 2.24) is 10.2 Å². The van der Waals surface area contributed by atoms with Gasteiger partial charge in [-0.15, -0.1) is 10.2 Å². The van der Waals surface area contributed by atoms with Gasteiger partial charge < -0.3 is 4.42 Å². The second-order valence-corrected chi connectivity index (χ2v) is 5.76. The molecule has 0 amide bonds. The smallest absolute Gasteiger partial charge is 0.268 e. The highest BCUT2D eigenvalue weighted by Crippen LogP contribution is 2.37. The summed E-state index contributed by atoms with van der Waals surface area (Å²) in [4.78, 5) is 3.30. The molecule has 0 saturated heterocycles. The average molecular weight is 315 g/mol. The van der Waals surface area contributed by atoms with Gasteiger partial charge in [-0.25, -0.2) is 4.85 Å². The Morgan fingerprint density at radius 1 is 1.11 bits per heavy atom. The third-order valence-corrected chi connectivity index (χ3v) is 2.61. The van der Waals surface area contributed by atoms with E-state index in [4.69, 9.17) is 45.8 Å². The molecule has 4 nitrogen and oxygen atoms in total. The van der Waals surface area contributed by atoms with E-state index in [1.807, 2.05) is 0 Å². The molecule has 0 saturated carbocycles. The minimum Gasteiger partial charge on any atom is -0.417 e. The molecule has 1 aromatic heterocycles. The number of benzene rings is 1. The number of aromatic nitrogens is 2. The van der Waals surface area contributed by atoms with E-state index in [1.54, 1.807) is 36.4 Å². The van der Waals surface area contributed by atoms with Gasteiger partial charge in [-0.1, -0.05) is 59.1 Å². The van der Waals surface area contributed by atoms with Crippen LogP contribution in [0.15, 0.2) is 28.7 Å². The maximum absolute atomic E-state index is 6.85. The van der Waals surface area contributed by atoms with Crippen LogP contribution in [0.2, 0.25) is 0 Å². The lowest BCUT2D eigenvalue weighted by molar-refractivity contribution is 0.493. The van der Waals surface area contributed by atoms with Crippen LogP contribution < -0.4 is 0 Å². The minimum absolute atomic E-state index is 0.0829. The summed E-state index contributed by atoms with van der Waals surface area (Å²) in [5.41, 5.74) is 1.47. The predicted molar refractivity (Wildman–Crippen MR) is 75.2 cm³/mol. The first-order chi connectivity index (χ1) is 8.99. The average Bonchev–Trinajstić information content (AvgIpc) is 2.86. The summed E-state index contributed by atoms with van der Waals surface area (Å²) in [5, 5.41) is 7.35. The molecule has 96 valence electrons. The molecule has 1 aromatic carbocycles. The zero-order valence-electron chi connectivity index (χ0n) is 9.35. The SMILES string of the molecule is [C-]#[N+]c1ccc(C=Cc2nnc(C(Cl)(Cl)Cl)o2)cc1. The van der Waals surface area contributed by atoms with Crippen molar-refractivity contribution in [3.63, 3.8) is 0 Å². The normalized spacial score (nSPS) is 11.7. The van der Waals surface area contributed by atoms with Crippen molar-refractivity contribution in [3.05, 3.63) is 53.0 Å². The lowest BCUT2D eigenvalue weighted by Gasteiger charge is -2.01. The number of halogens is 3. The van der Waals surface area contributed by atoms with E-state index in [1.165, 1.54) is 0 Å². The van der Waals surface area contributed by atoms with Crippen molar-refractivity contribution in [2.24, 2.45) is 0 Å². The third kappa shape index (κ3) is 3.71. The molecule has 0 fully saturated rings. The fourth-order valence-electron chi connectivity index (χ4n) is 1.24. The van der Waals surface area contributed by atoms with Gasteiger partial charge in [-0.3, -0.25) is 0 Å². The number of alkyl halides is 3.